The molecule has 1 saturated heterocycles. The first-order chi connectivity index (χ1) is 21.5. The average Bonchev–Trinajstić information content (AvgIpc) is 3.49. The minimum absolute atomic E-state index is 0.0663. The lowest BCUT2D eigenvalue weighted by Crippen LogP contribution is -2.61. The van der Waals surface area contributed by atoms with Gasteiger partial charge in [-0.1, -0.05) is 18.2 Å². The quantitative estimate of drug-likeness (QED) is 0.269. The van der Waals surface area contributed by atoms with Crippen LogP contribution in [0.25, 0.3) is 27.9 Å². The van der Waals surface area contributed by atoms with Crippen LogP contribution in [0.5, 0.6) is 0 Å². The van der Waals surface area contributed by atoms with E-state index in [1.165, 1.54) is 29.4 Å². The maximum atomic E-state index is 14.0. The number of nitrogens with two attached hydrogens (primary N) is 1. The number of aryl methyl sites for hydroxylation is 2. The lowest BCUT2D eigenvalue weighted by atomic mass is 10.0. The van der Waals surface area contributed by atoms with Crippen molar-refractivity contribution < 1.29 is 18.8 Å². The topological polar surface area (TPSA) is 144 Å². The lowest BCUT2D eigenvalue weighted by Gasteiger charge is -2.39. The molecule has 0 radical (unpaired) electrons. The molecule has 12 nitrogen and oxygen atoms in total. The van der Waals surface area contributed by atoms with Gasteiger partial charge in [-0.05, 0) is 69.7 Å². The van der Waals surface area contributed by atoms with Crippen LogP contribution in [0.2, 0.25) is 0 Å². The molecule has 0 spiro atoms. The summed E-state index contributed by atoms with van der Waals surface area (Å²) in [5.41, 5.74) is 12.7. The summed E-state index contributed by atoms with van der Waals surface area (Å²) in [5, 5.41) is 11.8. The molecule has 2 aromatic carbocycles. The average molecular weight is 610 g/mol. The van der Waals surface area contributed by atoms with Gasteiger partial charge in [-0.3, -0.25) is 14.3 Å². The molecule has 1 aliphatic heterocycles. The Hall–Kier alpha value is -5.59. The van der Waals surface area contributed by atoms with E-state index in [1.807, 2.05) is 43.8 Å². The van der Waals surface area contributed by atoms with E-state index in [-0.39, 0.29) is 18.3 Å². The largest absolute Gasteiger partial charge is 0.382 e. The van der Waals surface area contributed by atoms with Crippen LogP contribution in [0.4, 0.5) is 26.4 Å². The summed E-state index contributed by atoms with van der Waals surface area (Å²) in [6.45, 7) is 7.40. The first kappa shape index (κ1) is 29.5. The predicted molar refractivity (Wildman–Crippen MR) is 168 cm³/mol. The van der Waals surface area contributed by atoms with E-state index in [2.05, 4.69) is 20.5 Å². The molecular formula is C32H32FN9O3. The van der Waals surface area contributed by atoms with Crippen LogP contribution in [0.3, 0.4) is 0 Å². The number of benzene rings is 2. The molecule has 1 unspecified atom stereocenters. The normalized spacial score (nSPS) is 15.4. The van der Waals surface area contributed by atoms with Crippen molar-refractivity contribution in [2.45, 2.75) is 33.7 Å². The summed E-state index contributed by atoms with van der Waals surface area (Å²) in [6, 6.07) is 13.4. The Bertz CT molecular complexity index is 1980. The van der Waals surface area contributed by atoms with E-state index in [4.69, 9.17) is 5.73 Å². The number of imide groups is 1. The Morgan fingerprint density at radius 2 is 1.82 bits per heavy atom. The molecule has 4 heterocycles. The van der Waals surface area contributed by atoms with Crippen LogP contribution in [-0.4, -0.2) is 59.7 Å². The summed E-state index contributed by atoms with van der Waals surface area (Å²) >= 11 is 0. The fourth-order valence-electron chi connectivity index (χ4n) is 5.78. The van der Waals surface area contributed by atoms with E-state index < -0.39 is 29.6 Å². The molecule has 6 rings (SSSR count). The second-order valence-corrected chi connectivity index (χ2v) is 11.3. The number of anilines is 3. The second-order valence-electron chi connectivity index (χ2n) is 11.3. The molecule has 1 fully saturated rings. The minimum Gasteiger partial charge on any atom is -0.382 e. The van der Waals surface area contributed by atoms with Crippen molar-refractivity contribution in [2.24, 2.45) is 13.0 Å². The van der Waals surface area contributed by atoms with Gasteiger partial charge in [-0.25, -0.2) is 23.6 Å². The van der Waals surface area contributed by atoms with Crippen molar-refractivity contribution in [3.05, 3.63) is 78.1 Å². The van der Waals surface area contributed by atoms with Crippen molar-refractivity contribution in [1.82, 2.24) is 29.3 Å². The van der Waals surface area contributed by atoms with Gasteiger partial charge in [0.1, 0.15) is 23.6 Å². The van der Waals surface area contributed by atoms with E-state index in [0.717, 1.165) is 44.7 Å². The van der Waals surface area contributed by atoms with Gasteiger partial charge < -0.3 is 16.0 Å². The third-order valence-corrected chi connectivity index (χ3v) is 8.15. The van der Waals surface area contributed by atoms with Gasteiger partial charge in [0.15, 0.2) is 5.82 Å². The summed E-state index contributed by atoms with van der Waals surface area (Å²) in [4.78, 5) is 46.6. The number of halogens is 1. The summed E-state index contributed by atoms with van der Waals surface area (Å²) in [5.74, 6) is -2.79. The highest BCUT2D eigenvalue weighted by atomic mass is 19.1. The number of nitrogens with zero attached hydrogens (tertiary/aromatic N) is 7. The highest BCUT2D eigenvalue weighted by Crippen LogP contribution is 2.37. The number of amides is 4. The third-order valence-electron chi connectivity index (χ3n) is 8.15. The first-order valence-electron chi connectivity index (χ1n) is 14.4. The molecule has 3 aromatic heterocycles. The first-order valence-corrected chi connectivity index (χ1v) is 14.4. The smallest absolute Gasteiger partial charge is 0.331 e. The molecule has 1 aliphatic rings. The number of rotatable bonds is 6. The lowest BCUT2D eigenvalue weighted by molar-refractivity contribution is -0.132. The zero-order valence-electron chi connectivity index (χ0n) is 25.4. The van der Waals surface area contributed by atoms with Gasteiger partial charge in [0.25, 0.3) is 0 Å². The second kappa shape index (κ2) is 11.2. The van der Waals surface area contributed by atoms with E-state index in [0.29, 0.717) is 17.0 Å². The number of hydrogen-bond acceptors (Lipinski definition) is 7. The van der Waals surface area contributed by atoms with Crippen molar-refractivity contribution in [3.63, 3.8) is 0 Å². The maximum Gasteiger partial charge on any atom is 0.331 e. The monoisotopic (exact) mass is 609 g/mol. The van der Waals surface area contributed by atoms with E-state index in [9.17, 15) is 18.8 Å². The van der Waals surface area contributed by atoms with Crippen LogP contribution in [-0.2, 0) is 16.6 Å². The van der Waals surface area contributed by atoms with Crippen molar-refractivity contribution >= 4 is 40.6 Å². The molecule has 45 heavy (non-hydrogen) atoms. The van der Waals surface area contributed by atoms with Crippen molar-refractivity contribution in [3.8, 4) is 22.4 Å². The number of nitrogen functional groups attached to an aromatic ring is 1. The molecule has 0 bridgehead atoms. The molecule has 13 heteroatoms. The van der Waals surface area contributed by atoms with Gasteiger partial charge in [-0.15, -0.1) is 0 Å². The third kappa shape index (κ3) is 5.05. The Morgan fingerprint density at radius 1 is 1.09 bits per heavy atom. The Balaban J connectivity index is 1.30. The van der Waals surface area contributed by atoms with E-state index >= 15 is 0 Å². The van der Waals surface area contributed by atoms with Gasteiger partial charge in [0.2, 0.25) is 11.8 Å². The number of hydrogen-bond donors (Lipinski definition) is 2. The van der Waals surface area contributed by atoms with Gasteiger partial charge in [-0.2, -0.15) is 10.2 Å². The van der Waals surface area contributed by atoms with Gasteiger partial charge in [0.05, 0.1) is 17.1 Å². The highest BCUT2D eigenvalue weighted by Gasteiger charge is 2.44. The van der Waals surface area contributed by atoms with Crippen molar-refractivity contribution in [1.29, 1.82) is 0 Å². The molecular weight excluding hydrogens is 577 g/mol. The van der Waals surface area contributed by atoms with Crippen LogP contribution in [0, 0.1) is 25.6 Å². The van der Waals surface area contributed by atoms with E-state index in [1.54, 1.807) is 30.5 Å². The molecule has 1 atom stereocenters. The van der Waals surface area contributed by atoms with Crippen molar-refractivity contribution in [2.75, 3.05) is 22.5 Å². The highest BCUT2D eigenvalue weighted by molar-refractivity contribution is 6.23. The number of fused-ring (bicyclic) bond motifs is 1. The van der Waals surface area contributed by atoms with Gasteiger partial charge in [0, 0.05) is 42.1 Å². The molecule has 3 N–H and O–H groups in total. The predicted octanol–water partition coefficient (Wildman–Crippen LogP) is 4.57. The number of carbonyl (C=O) groups excluding carboxylic acids is 3. The molecule has 230 valence electrons. The Kier molecular flexibility index (Phi) is 7.31. The number of aromatic nitrogens is 5. The fourth-order valence-corrected chi connectivity index (χ4v) is 5.78. The molecule has 0 aliphatic carbocycles. The maximum absolute atomic E-state index is 14.0. The summed E-state index contributed by atoms with van der Waals surface area (Å²) < 4.78 is 17.6. The zero-order valence-corrected chi connectivity index (χ0v) is 25.4. The minimum atomic E-state index is -1.20. The van der Waals surface area contributed by atoms with Crippen LogP contribution < -0.4 is 16.0 Å². The molecule has 0 saturated carbocycles. The molecule has 4 amide bonds. The Morgan fingerprint density at radius 3 is 2.47 bits per heavy atom. The summed E-state index contributed by atoms with van der Waals surface area (Å²) in [6.07, 6.45) is 1.41. The fraction of sp³-hybridized carbons (Fsp3) is 0.250. The van der Waals surface area contributed by atoms with Crippen LogP contribution in [0.1, 0.15) is 25.2 Å². The molecule has 5 aromatic rings. The van der Waals surface area contributed by atoms with Gasteiger partial charge >= 0.3 is 6.03 Å². The SMILES string of the molecule is Cc1nn(C)c(C)c1-c1cc(-c2ccc(NC(=O)C3CN(C(C)C)C(=O)N(c4cccc(F)c4)C3=O)cc2)c2c(N)ncnn12. The Labute approximate surface area is 258 Å². The number of nitrogens with one attached hydrogen (secondary N) is 1. The number of carbonyl (C=O) groups is 3. The standard InChI is InChI=1S/C32H32FN9O3/c1-17(2)40-15-25(31(44)41(32(40)45)23-8-6-7-21(33)13-23)30(43)37-22-11-9-20(10-12-22)24-14-26(27-18(3)38-39(5)19(27)4)42-28(24)29(34)35-16-36-42/h6-14,16-17,25H,15H2,1-5H3,(H,37,43)(H2,34,35,36). The van der Waals surface area contributed by atoms with Crippen LogP contribution in [0.15, 0.2) is 60.9 Å². The zero-order chi connectivity index (χ0) is 32.2. The van der Waals surface area contributed by atoms with Crippen LogP contribution >= 0.6 is 0 Å². The summed E-state index contributed by atoms with van der Waals surface area (Å²) in [7, 11) is 1.89. The number of urea groups is 1.